The molecule has 50 valence electrons. The van der Waals surface area contributed by atoms with Crippen LogP contribution in [0.4, 0.5) is 0 Å². The van der Waals surface area contributed by atoms with Gasteiger partial charge < -0.3 is 4.52 Å². The van der Waals surface area contributed by atoms with E-state index in [0.29, 0.717) is 5.92 Å². The third kappa shape index (κ3) is 1.44. The van der Waals surface area contributed by atoms with Crippen LogP contribution in [0.1, 0.15) is 25.5 Å². The molecule has 3 heteroatoms. The number of aromatic nitrogens is 1. The van der Waals surface area contributed by atoms with Crippen molar-refractivity contribution in [1.29, 1.82) is 0 Å². The van der Waals surface area contributed by atoms with Crippen LogP contribution in [0.25, 0.3) is 0 Å². The first-order valence-electron chi connectivity index (χ1n) is 2.82. The molecule has 0 amide bonds. The lowest BCUT2D eigenvalue weighted by Crippen LogP contribution is -1.84. The summed E-state index contributed by atoms with van der Waals surface area (Å²) in [7, 11) is 0. The molecule has 2 nitrogen and oxygen atoms in total. The number of hydrogen-bond donors (Lipinski definition) is 0. The monoisotopic (exact) mass is 237 g/mol. The smallest absolute Gasteiger partial charge is 0.152 e. The van der Waals surface area contributed by atoms with Gasteiger partial charge in [0.05, 0.1) is 9.77 Å². The Bertz CT molecular complexity index is 195. The largest absolute Gasteiger partial charge is 0.360 e. The average Bonchev–Trinajstić information content (AvgIpc) is 2.13. The van der Waals surface area contributed by atoms with Crippen molar-refractivity contribution in [1.82, 2.24) is 5.16 Å². The van der Waals surface area contributed by atoms with Crippen molar-refractivity contribution in [2.75, 3.05) is 0 Å². The topological polar surface area (TPSA) is 26.0 Å². The zero-order valence-electron chi connectivity index (χ0n) is 5.39. The maximum atomic E-state index is 4.97. The van der Waals surface area contributed by atoms with E-state index in [9.17, 15) is 0 Å². The molecule has 0 N–H and O–H groups in total. The molecule has 0 saturated carbocycles. The van der Waals surface area contributed by atoms with E-state index in [2.05, 4.69) is 41.6 Å². The molecular weight excluding hydrogens is 229 g/mol. The summed E-state index contributed by atoms with van der Waals surface area (Å²) in [6, 6.07) is 0. The number of hydrogen-bond acceptors (Lipinski definition) is 2. The number of nitrogens with zero attached hydrogens (tertiary/aromatic N) is 1. The standard InChI is InChI=1S/C6H8INO/c1-4(2)6-5(7)3-8-9-6/h3-4H,1-2H3. The van der Waals surface area contributed by atoms with Crippen molar-refractivity contribution in [3.05, 3.63) is 15.5 Å². The fourth-order valence-electron chi connectivity index (χ4n) is 0.618. The van der Waals surface area contributed by atoms with E-state index in [1.54, 1.807) is 6.20 Å². The van der Waals surface area contributed by atoms with Crippen LogP contribution < -0.4 is 0 Å². The van der Waals surface area contributed by atoms with Gasteiger partial charge in [-0.25, -0.2) is 0 Å². The summed E-state index contributed by atoms with van der Waals surface area (Å²) in [5, 5.41) is 3.66. The maximum absolute atomic E-state index is 4.97. The fourth-order valence-corrected chi connectivity index (χ4v) is 1.45. The van der Waals surface area contributed by atoms with Crippen molar-refractivity contribution in [2.24, 2.45) is 0 Å². The van der Waals surface area contributed by atoms with E-state index in [-0.39, 0.29) is 0 Å². The molecule has 0 aromatic carbocycles. The van der Waals surface area contributed by atoms with Gasteiger partial charge >= 0.3 is 0 Å². The van der Waals surface area contributed by atoms with Gasteiger partial charge in [0.2, 0.25) is 0 Å². The van der Waals surface area contributed by atoms with E-state index >= 15 is 0 Å². The highest BCUT2D eigenvalue weighted by Crippen LogP contribution is 2.19. The van der Waals surface area contributed by atoms with Crippen LogP contribution in [-0.2, 0) is 0 Å². The Balaban J connectivity index is 2.94. The summed E-state index contributed by atoms with van der Waals surface area (Å²) in [4.78, 5) is 0. The van der Waals surface area contributed by atoms with Gasteiger partial charge in [-0.2, -0.15) is 0 Å². The number of rotatable bonds is 1. The van der Waals surface area contributed by atoms with Crippen molar-refractivity contribution < 1.29 is 4.52 Å². The highest BCUT2D eigenvalue weighted by molar-refractivity contribution is 14.1. The maximum Gasteiger partial charge on any atom is 0.152 e. The van der Waals surface area contributed by atoms with Crippen LogP contribution >= 0.6 is 22.6 Å². The lowest BCUT2D eigenvalue weighted by Gasteiger charge is -1.95. The minimum atomic E-state index is 0.444. The van der Waals surface area contributed by atoms with E-state index in [1.807, 2.05) is 0 Å². The van der Waals surface area contributed by atoms with Gasteiger partial charge in [0, 0.05) is 5.92 Å². The Hall–Kier alpha value is -0.0600. The predicted molar refractivity (Wildman–Crippen MR) is 43.3 cm³/mol. The molecule has 9 heavy (non-hydrogen) atoms. The molecule has 0 aliphatic rings. The van der Waals surface area contributed by atoms with Crippen LogP contribution in [0.3, 0.4) is 0 Å². The van der Waals surface area contributed by atoms with Crippen LogP contribution in [-0.4, -0.2) is 5.16 Å². The van der Waals surface area contributed by atoms with Gasteiger partial charge in [-0.05, 0) is 22.6 Å². The van der Waals surface area contributed by atoms with Crippen LogP contribution in [0, 0.1) is 3.57 Å². The van der Waals surface area contributed by atoms with E-state index < -0.39 is 0 Å². The zero-order valence-corrected chi connectivity index (χ0v) is 7.55. The van der Waals surface area contributed by atoms with Crippen LogP contribution in [0.5, 0.6) is 0 Å². The molecule has 0 spiro atoms. The first kappa shape index (κ1) is 7.05. The first-order chi connectivity index (χ1) is 4.22. The molecule has 0 fully saturated rings. The Labute approximate surface area is 67.8 Å². The Morgan fingerprint density at radius 3 is 2.56 bits per heavy atom. The molecule has 0 saturated heterocycles. The lowest BCUT2D eigenvalue weighted by atomic mass is 10.2. The van der Waals surface area contributed by atoms with Crippen LogP contribution in [0.15, 0.2) is 10.7 Å². The van der Waals surface area contributed by atoms with Crippen molar-refractivity contribution in [3.8, 4) is 0 Å². The Morgan fingerprint density at radius 2 is 2.33 bits per heavy atom. The minimum absolute atomic E-state index is 0.444. The zero-order chi connectivity index (χ0) is 6.85. The summed E-state index contributed by atoms with van der Waals surface area (Å²) < 4.78 is 6.08. The van der Waals surface area contributed by atoms with Crippen molar-refractivity contribution >= 4 is 22.6 Å². The molecule has 0 aliphatic heterocycles. The Morgan fingerprint density at radius 1 is 1.67 bits per heavy atom. The second kappa shape index (κ2) is 2.68. The quantitative estimate of drug-likeness (QED) is 0.701. The summed E-state index contributed by atoms with van der Waals surface area (Å²) in [5.74, 6) is 1.43. The van der Waals surface area contributed by atoms with Gasteiger partial charge in [-0.3, -0.25) is 0 Å². The highest BCUT2D eigenvalue weighted by Gasteiger charge is 2.07. The summed E-state index contributed by atoms with van der Waals surface area (Å²) in [5.41, 5.74) is 0. The molecule has 1 aromatic heterocycles. The van der Waals surface area contributed by atoms with Gasteiger partial charge in [-0.1, -0.05) is 19.0 Å². The molecule has 0 aliphatic carbocycles. The van der Waals surface area contributed by atoms with Gasteiger partial charge in [-0.15, -0.1) is 0 Å². The number of halogens is 1. The van der Waals surface area contributed by atoms with E-state index in [4.69, 9.17) is 4.52 Å². The molecule has 0 atom stereocenters. The molecule has 1 heterocycles. The van der Waals surface area contributed by atoms with Crippen molar-refractivity contribution in [3.63, 3.8) is 0 Å². The molecule has 0 unspecified atom stereocenters. The second-order valence-electron chi connectivity index (χ2n) is 2.19. The third-order valence-electron chi connectivity index (χ3n) is 1.08. The molecule has 0 bridgehead atoms. The molecule has 1 aromatic rings. The summed E-state index contributed by atoms with van der Waals surface area (Å²) >= 11 is 2.21. The van der Waals surface area contributed by atoms with E-state index in [0.717, 1.165) is 9.33 Å². The summed E-state index contributed by atoms with van der Waals surface area (Å²) in [6.45, 7) is 4.17. The van der Waals surface area contributed by atoms with E-state index in [1.165, 1.54) is 0 Å². The van der Waals surface area contributed by atoms with Crippen molar-refractivity contribution in [2.45, 2.75) is 19.8 Å². The normalized spacial score (nSPS) is 10.7. The summed E-state index contributed by atoms with van der Waals surface area (Å²) in [6.07, 6.45) is 1.73. The molecule has 0 radical (unpaired) electrons. The van der Waals surface area contributed by atoms with Gasteiger partial charge in [0.25, 0.3) is 0 Å². The highest BCUT2D eigenvalue weighted by atomic mass is 127. The average molecular weight is 237 g/mol. The SMILES string of the molecule is CC(C)c1oncc1I. The Kier molecular flexibility index (Phi) is 2.10. The predicted octanol–water partition coefficient (Wildman–Crippen LogP) is 2.40. The minimum Gasteiger partial charge on any atom is -0.360 e. The van der Waals surface area contributed by atoms with Gasteiger partial charge in [0.1, 0.15) is 0 Å². The third-order valence-corrected chi connectivity index (χ3v) is 1.89. The first-order valence-corrected chi connectivity index (χ1v) is 3.89. The molecule has 1 rings (SSSR count). The fraction of sp³-hybridized carbons (Fsp3) is 0.500. The molecular formula is C6H8INO. The second-order valence-corrected chi connectivity index (χ2v) is 3.35. The van der Waals surface area contributed by atoms with Crippen LogP contribution in [0.2, 0.25) is 0 Å². The lowest BCUT2D eigenvalue weighted by molar-refractivity contribution is 0.370. The van der Waals surface area contributed by atoms with Gasteiger partial charge in [0.15, 0.2) is 5.76 Å².